The van der Waals surface area contributed by atoms with E-state index in [1.54, 1.807) is 23.0 Å². The van der Waals surface area contributed by atoms with Gasteiger partial charge in [-0.1, -0.05) is 37.9 Å². The average Bonchev–Trinajstić information content (AvgIpc) is 3.39. The van der Waals surface area contributed by atoms with Crippen LogP contribution < -0.4 is 10.3 Å². The molecule has 0 spiro atoms. The summed E-state index contributed by atoms with van der Waals surface area (Å²) in [5, 5.41) is 10.1. The van der Waals surface area contributed by atoms with Crippen molar-refractivity contribution in [1.82, 2.24) is 19.2 Å². The van der Waals surface area contributed by atoms with E-state index in [9.17, 15) is 9.59 Å². The number of thiophene rings is 1. The molecule has 4 aromatic rings. The average molecular weight is 527 g/mol. The van der Waals surface area contributed by atoms with Crippen molar-refractivity contribution >= 4 is 45.1 Å². The van der Waals surface area contributed by atoms with Gasteiger partial charge in [-0.05, 0) is 61.9 Å². The Morgan fingerprint density at radius 3 is 2.69 bits per heavy atom. The van der Waals surface area contributed by atoms with Gasteiger partial charge in [0.15, 0.2) is 5.16 Å². The van der Waals surface area contributed by atoms with E-state index in [2.05, 4.69) is 17.1 Å². The lowest BCUT2D eigenvalue weighted by Crippen LogP contribution is -2.22. The number of methoxy groups -OCH3 is 1. The fraction of sp³-hybridized carbons (Fsp3) is 0.462. The first-order valence-electron chi connectivity index (χ1n) is 12.5. The summed E-state index contributed by atoms with van der Waals surface area (Å²) in [6, 6.07) is 7.37. The molecule has 1 aromatic carbocycles. The highest BCUT2D eigenvalue weighted by molar-refractivity contribution is 7.99. The fourth-order valence-corrected chi connectivity index (χ4v) is 6.82. The Kier molecular flexibility index (Phi) is 7.62. The van der Waals surface area contributed by atoms with Crippen LogP contribution in [-0.4, -0.2) is 44.6 Å². The molecular formula is C26H30N4O4S2. The first kappa shape index (κ1) is 24.8. The highest BCUT2D eigenvalue weighted by atomic mass is 32.2. The van der Waals surface area contributed by atoms with Gasteiger partial charge in [0.05, 0.1) is 30.5 Å². The van der Waals surface area contributed by atoms with Crippen molar-refractivity contribution in [2.45, 2.75) is 63.4 Å². The van der Waals surface area contributed by atoms with Crippen LogP contribution >= 0.6 is 23.1 Å². The summed E-state index contributed by atoms with van der Waals surface area (Å²) in [5.74, 6) is 1.02. The van der Waals surface area contributed by atoms with Crippen molar-refractivity contribution in [3.8, 4) is 11.4 Å². The molecule has 0 aliphatic heterocycles. The molecule has 190 valence electrons. The Labute approximate surface area is 217 Å². The number of fused-ring (bicyclic) bond motifs is 5. The normalized spacial score (nSPS) is 13.6. The molecule has 0 N–H and O–H groups in total. The van der Waals surface area contributed by atoms with Crippen molar-refractivity contribution in [2.75, 3.05) is 19.5 Å². The summed E-state index contributed by atoms with van der Waals surface area (Å²) in [5.41, 5.74) is 1.77. The molecule has 3 heterocycles. The minimum Gasteiger partial charge on any atom is -0.497 e. The minimum absolute atomic E-state index is 0.0821. The van der Waals surface area contributed by atoms with Gasteiger partial charge in [-0.2, -0.15) is 0 Å². The van der Waals surface area contributed by atoms with Gasteiger partial charge in [-0.25, -0.2) is 8.97 Å². The topological polar surface area (TPSA) is 87.7 Å². The Morgan fingerprint density at radius 2 is 1.92 bits per heavy atom. The van der Waals surface area contributed by atoms with Crippen molar-refractivity contribution < 1.29 is 14.3 Å². The number of thioether (sulfide) groups is 1. The standard InChI is InChI=1S/C26H30N4O4S2/c1-3-4-8-15-34-21(31)16-35-26-28-27-25-29(17-11-13-18(33-2)14-12-17)23(32)22-19-9-6-5-7-10-20(19)36-24(22)30(25)26/h11-14H,3-10,15-16H2,1-2H3. The fourth-order valence-electron chi connectivity index (χ4n) is 4.65. The summed E-state index contributed by atoms with van der Waals surface area (Å²) >= 11 is 2.95. The monoisotopic (exact) mass is 526 g/mol. The largest absolute Gasteiger partial charge is 0.497 e. The van der Waals surface area contributed by atoms with Crippen molar-refractivity contribution in [3.05, 3.63) is 45.1 Å². The lowest BCUT2D eigenvalue weighted by molar-refractivity contribution is -0.140. The van der Waals surface area contributed by atoms with Crippen LogP contribution in [0.1, 0.15) is 55.9 Å². The molecule has 0 saturated heterocycles. The number of benzene rings is 1. The van der Waals surface area contributed by atoms with Crippen LogP contribution in [0.4, 0.5) is 0 Å². The molecular weight excluding hydrogens is 496 g/mol. The molecule has 0 bridgehead atoms. The summed E-state index contributed by atoms with van der Waals surface area (Å²) in [6.45, 7) is 2.55. The number of ether oxygens (including phenoxy) is 2. The molecule has 0 atom stereocenters. The SMILES string of the molecule is CCCCCOC(=O)CSc1nnc2n(-c3ccc(OC)cc3)c(=O)c3c4c(sc3n12)CCCCC4. The summed E-state index contributed by atoms with van der Waals surface area (Å²) in [6.07, 6.45) is 8.24. The zero-order chi connectivity index (χ0) is 25.1. The summed E-state index contributed by atoms with van der Waals surface area (Å²) in [7, 11) is 1.61. The Bertz CT molecular complexity index is 1440. The van der Waals surface area contributed by atoms with Crippen molar-refractivity contribution in [3.63, 3.8) is 0 Å². The van der Waals surface area contributed by atoms with E-state index in [0.29, 0.717) is 29.0 Å². The lowest BCUT2D eigenvalue weighted by Gasteiger charge is -2.11. The van der Waals surface area contributed by atoms with E-state index in [4.69, 9.17) is 9.47 Å². The van der Waals surface area contributed by atoms with Crippen molar-refractivity contribution in [2.24, 2.45) is 0 Å². The van der Waals surface area contributed by atoms with Crippen LogP contribution in [0.25, 0.3) is 21.7 Å². The second kappa shape index (κ2) is 11.0. The number of carbonyl (C=O) groups is 1. The zero-order valence-corrected chi connectivity index (χ0v) is 22.3. The second-order valence-corrected chi connectivity index (χ2v) is 10.9. The summed E-state index contributed by atoms with van der Waals surface area (Å²) in [4.78, 5) is 28.4. The number of hydrogen-bond acceptors (Lipinski definition) is 8. The highest BCUT2D eigenvalue weighted by Crippen LogP contribution is 2.36. The number of rotatable bonds is 9. The van der Waals surface area contributed by atoms with Crippen LogP contribution in [0.5, 0.6) is 5.75 Å². The lowest BCUT2D eigenvalue weighted by atomic mass is 10.1. The van der Waals surface area contributed by atoms with Gasteiger partial charge in [0.1, 0.15) is 10.6 Å². The van der Waals surface area contributed by atoms with Crippen LogP contribution in [0.15, 0.2) is 34.2 Å². The van der Waals surface area contributed by atoms with E-state index >= 15 is 0 Å². The van der Waals surface area contributed by atoms with Gasteiger partial charge < -0.3 is 9.47 Å². The Hall–Kier alpha value is -2.85. The quantitative estimate of drug-likeness (QED) is 0.128. The third kappa shape index (κ3) is 4.76. The van der Waals surface area contributed by atoms with Gasteiger partial charge in [0.2, 0.25) is 5.78 Å². The van der Waals surface area contributed by atoms with Crippen molar-refractivity contribution in [1.29, 1.82) is 0 Å². The van der Waals surface area contributed by atoms with Crippen LogP contribution in [0.3, 0.4) is 0 Å². The third-order valence-corrected chi connectivity index (χ3v) is 8.68. The number of unbranched alkanes of at least 4 members (excludes halogenated alkanes) is 2. The molecule has 0 amide bonds. The maximum Gasteiger partial charge on any atom is 0.316 e. The second-order valence-electron chi connectivity index (χ2n) is 8.92. The number of carbonyl (C=O) groups excluding carboxylic acids is 1. The smallest absolute Gasteiger partial charge is 0.316 e. The number of aromatic nitrogens is 4. The van der Waals surface area contributed by atoms with Crippen LogP contribution in [0.2, 0.25) is 0 Å². The predicted molar refractivity (Wildman–Crippen MR) is 143 cm³/mol. The van der Waals surface area contributed by atoms with Gasteiger partial charge >= 0.3 is 5.97 Å². The number of esters is 1. The Morgan fingerprint density at radius 1 is 1.11 bits per heavy atom. The van der Waals surface area contributed by atoms with Gasteiger partial charge in [-0.15, -0.1) is 21.5 Å². The number of aryl methyl sites for hydroxylation is 2. The molecule has 0 fully saturated rings. The summed E-state index contributed by atoms with van der Waals surface area (Å²) < 4.78 is 14.2. The van der Waals surface area contributed by atoms with E-state index < -0.39 is 0 Å². The molecule has 36 heavy (non-hydrogen) atoms. The van der Waals surface area contributed by atoms with Crippen LogP contribution in [-0.2, 0) is 22.4 Å². The number of nitrogens with zero attached hydrogens (tertiary/aromatic N) is 4. The van der Waals surface area contributed by atoms with Crippen LogP contribution in [0, 0.1) is 0 Å². The zero-order valence-electron chi connectivity index (χ0n) is 20.6. The first-order valence-corrected chi connectivity index (χ1v) is 14.3. The first-order chi connectivity index (χ1) is 17.6. The molecule has 0 saturated carbocycles. The third-order valence-electron chi connectivity index (χ3n) is 6.50. The molecule has 8 nitrogen and oxygen atoms in total. The molecule has 5 rings (SSSR count). The predicted octanol–water partition coefficient (Wildman–Crippen LogP) is 5.20. The minimum atomic E-state index is -0.269. The molecule has 1 aliphatic rings. The van der Waals surface area contributed by atoms with E-state index in [1.807, 2.05) is 28.7 Å². The highest BCUT2D eigenvalue weighted by Gasteiger charge is 2.25. The number of hydrogen-bond donors (Lipinski definition) is 0. The maximum absolute atomic E-state index is 14.0. The molecule has 10 heteroatoms. The molecule has 0 radical (unpaired) electrons. The molecule has 1 aliphatic carbocycles. The van der Waals surface area contributed by atoms with Gasteiger partial charge in [0.25, 0.3) is 5.56 Å². The Balaban J connectivity index is 1.60. The van der Waals surface area contributed by atoms with E-state index in [1.165, 1.54) is 23.1 Å². The van der Waals surface area contributed by atoms with E-state index in [0.717, 1.165) is 60.7 Å². The van der Waals surface area contributed by atoms with Gasteiger partial charge in [0, 0.05) is 4.88 Å². The maximum atomic E-state index is 14.0. The molecule has 3 aromatic heterocycles. The van der Waals surface area contributed by atoms with E-state index in [-0.39, 0.29) is 17.3 Å². The molecule has 0 unspecified atom stereocenters. The van der Waals surface area contributed by atoms with Gasteiger partial charge in [-0.3, -0.25) is 9.59 Å².